The van der Waals surface area contributed by atoms with Gasteiger partial charge < -0.3 is 5.32 Å². The Kier molecular flexibility index (Phi) is 4.39. The van der Waals surface area contributed by atoms with E-state index in [0.29, 0.717) is 24.6 Å². The molecule has 0 bridgehead atoms. The van der Waals surface area contributed by atoms with Gasteiger partial charge in [0.2, 0.25) is 5.82 Å². The molecule has 0 aliphatic carbocycles. The predicted octanol–water partition coefficient (Wildman–Crippen LogP) is 3.49. The van der Waals surface area contributed by atoms with Crippen molar-refractivity contribution in [2.45, 2.75) is 40.3 Å². The number of rotatable bonds is 6. The highest BCUT2D eigenvalue weighted by Crippen LogP contribution is 2.29. The molecule has 0 amide bonds. The summed E-state index contributed by atoms with van der Waals surface area (Å²) in [6, 6.07) is 2.05. The van der Waals surface area contributed by atoms with E-state index in [2.05, 4.69) is 10.4 Å². The van der Waals surface area contributed by atoms with Gasteiger partial charge in [-0.05, 0) is 37.3 Å². The molecular weight excluding hydrogens is 276 g/mol. The Morgan fingerprint density at radius 1 is 1.50 bits per heavy atom. The minimum absolute atomic E-state index is 0.0765. The third-order valence-electron chi connectivity index (χ3n) is 3.10. The van der Waals surface area contributed by atoms with E-state index in [1.165, 1.54) is 10.4 Å². The largest absolute Gasteiger partial charge is 0.360 e. The van der Waals surface area contributed by atoms with Crippen LogP contribution in [0, 0.1) is 24.0 Å². The molecule has 2 aromatic rings. The van der Waals surface area contributed by atoms with Gasteiger partial charge in [-0.1, -0.05) is 6.92 Å². The second-order valence-electron chi connectivity index (χ2n) is 4.64. The first-order valence-corrected chi connectivity index (χ1v) is 7.41. The summed E-state index contributed by atoms with van der Waals surface area (Å²) in [5.74, 6) is 0.502. The van der Waals surface area contributed by atoms with Gasteiger partial charge in [-0.25, -0.2) is 4.68 Å². The lowest BCUT2D eigenvalue weighted by Gasteiger charge is -2.08. The van der Waals surface area contributed by atoms with Gasteiger partial charge in [0.15, 0.2) is 0 Å². The van der Waals surface area contributed by atoms with E-state index in [4.69, 9.17) is 0 Å². The molecule has 2 rings (SSSR count). The molecule has 0 atom stereocenters. The molecule has 0 aliphatic heterocycles. The fraction of sp³-hybridized carbons (Fsp3) is 0.462. The summed E-state index contributed by atoms with van der Waals surface area (Å²) >= 11 is 1.65. The molecule has 108 valence electrons. The Morgan fingerprint density at radius 2 is 2.25 bits per heavy atom. The number of hydrogen-bond donors (Lipinski definition) is 1. The summed E-state index contributed by atoms with van der Waals surface area (Å²) in [6.45, 7) is 6.98. The van der Waals surface area contributed by atoms with Gasteiger partial charge >= 0.3 is 5.69 Å². The molecule has 0 fully saturated rings. The summed E-state index contributed by atoms with van der Waals surface area (Å²) in [5, 5.41) is 20.7. The van der Waals surface area contributed by atoms with Gasteiger partial charge in [-0.2, -0.15) is 5.10 Å². The first kappa shape index (κ1) is 14.5. The highest BCUT2D eigenvalue weighted by Gasteiger charge is 2.24. The molecule has 2 aromatic heterocycles. The smallest absolute Gasteiger partial charge is 0.333 e. The number of nitrogens with zero attached hydrogens (tertiary/aromatic N) is 3. The molecule has 0 aliphatic rings. The van der Waals surface area contributed by atoms with Crippen LogP contribution in [0.1, 0.15) is 29.5 Å². The average molecular weight is 294 g/mol. The molecule has 0 saturated carbocycles. The van der Waals surface area contributed by atoms with Crippen LogP contribution in [0.5, 0.6) is 0 Å². The van der Waals surface area contributed by atoms with Gasteiger partial charge in [-0.3, -0.25) is 10.1 Å². The van der Waals surface area contributed by atoms with E-state index < -0.39 is 0 Å². The Bertz CT molecular complexity index is 618. The SMILES string of the molecule is CCCn1nc(C)c([N+](=O)[O-])c1NCc1sccc1C. The second kappa shape index (κ2) is 6.04. The van der Waals surface area contributed by atoms with Gasteiger partial charge in [0.05, 0.1) is 11.5 Å². The monoisotopic (exact) mass is 294 g/mol. The average Bonchev–Trinajstić information content (AvgIpc) is 2.91. The number of hydrogen-bond acceptors (Lipinski definition) is 5. The molecule has 2 heterocycles. The molecular formula is C13H18N4O2S. The summed E-state index contributed by atoms with van der Waals surface area (Å²) in [6.07, 6.45) is 0.880. The minimum Gasteiger partial charge on any atom is -0.360 e. The Balaban J connectivity index is 2.28. The molecule has 7 heteroatoms. The van der Waals surface area contributed by atoms with Gasteiger partial charge in [-0.15, -0.1) is 11.3 Å². The first-order chi connectivity index (χ1) is 9.54. The van der Waals surface area contributed by atoms with Crippen LogP contribution in [-0.4, -0.2) is 14.7 Å². The quantitative estimate of drug-likeness (QED) is 0.653. The van der Waals surface area contributed by atoms with Crippen LogP contribution in [0.4, 0.5) is 11.5 Å². The van der Waals surface area contributed by atoms with Gasteiger partial charge in [0, 0.05) is 11.4 Å². The third-order valence-corrected chi connectivity index (χ3v) is 4.12. The van der Waals surface area contributed by atoms with Crippen molar-refractivity contribution in [1.82, 2.24) is 9.78 Å². The summed E-state index contributed by atoms with van der Waals surface area (Å²) in [5.41, 5.74) is 1.73. The molecule has 0 spiro atoms. The zero-order chi connectivity index (χ0) is 14.7. The number of nitro groups is 1. The predicted molar refractivity (Wildman–Crippen MR) is 80.3 cm³/mol. The number of nitrogens with one attached hydrogen (secondary N) is 1. The van der Waals surface area contributed by atoms with E-state index in [1.807, 2.05) is 25.3 Å². The first-order valence-electron chi connectivity index (χ1n) is 6.53. The molecule has 0 saturated heterocycles. The summed E-state index contributed by atoms with van der Waals surface area (Å²) in [7, 11) is 0. The standard InChI is InChI=1S/C13H18N4O2S/c1-4-6-16-13(12(17(18)19)10(3)15-16)14-8-11-9(2)5-7-20-11/h5,7,14H,4,6,8H2,1-3H3. The molecule has 0 radical (unpaired) electrons. The highest BCUT2D eigenvalue weighted by molar-refractivity contribution is 7.10. The molecule has 20 heavy (non-hydrogen) atoms. The highest BCUT2D eigenvalue weighted by atomic mass is 32.1. The molecule has 0 unspecified atom stereocenters. The van der Waals surface area contributed by atoms with Crippen LogP contribution in [0.3, 0.4) is 0 Å². The lowest BCUT2D eigenvalue weighted by molar-refractivity contribution is -0.384. The summed E-state index contributed by atoms with van der Waals surface area (Å²) in [4.78, 5) is 12.0. The Hall–Kier alpha value is -1.89. The number of aryl methyl sites for hydroxylation is 3. The lowest BCUT2D eigenvalue weighted by atomic mass is 10.3. The van der Waals surface area contributed by atoms with Crippen LogP contribution in [0.25, 0.3) is 0 Å². The molecule has 1 N–H and O–H groups in total. The van der Waals surface area contributed by atoms with E-state index >= 15 is 0 Å². The van der Waals surface area contributed by atoms with Crippen molar-refractivity contribution in [2.24, 2.45) is 0 Å². The maximum Gasteiger partial charge on any atom is 0.333 e. The number of aromatic nitrogens is 2. The molecule has 0 aromatic carbocycles. The fourth-order valence-corrected chi connectivity index (χ4v) is 2.93. The van der Waals surface area contributed by atoms with Crippen LogP contribution in [0.2, 0.25) is 0 Å². The van der Waals surface area contributed by atoms with Crippen molar-refractivity contribution in [2.75, 3.05) is 5.32 Å². The lowest BCUT2D eigenvalue weighted by Crippen LogP contribution is -2.09. The van der Waals surface area contributed by atoms with Gasteiger partial charge in [0.1, 0.15) is 5.69 Å². The topological polar surface area (TPSA) is 73.0 Å². The van der Waals surface area contributed by atoms with Crippen LogP contribution < -0.4 is 5.32 Å². The van der Waals surface area contributed by atoms with E-state index in [9.17, 15) is 10.1 Å². The van der Waals surface area contributed by atoms with Crippen LogP contribution in [-0.2, 0) is 13.1 Å². The van der Waals surface area contributed by atoms with Crippen LogP contribution in [0.15, 0.2) is 11.4 Å². The Morgan fingerprint density at radius 3 is 2.80 bits per heavy atom. The van der Waals surface area contributed by atoms with E-state index in [0.717, 1.165) is 6.42 Å². The minimum atomic E-state index is -0.363. The number of anilines is 1. The maximum atomic E-state index is 11.2. The van der Waals surface area contributed by atoms with Crippen molar-refractivity contribution >= 4 is 22.8 Å². The second-order valence-corrected chi connectivity index (χ2v) is 5.64. The van der Waals surface area contributed by atoms with E-state index in [1.54, 1.807) is 22.9 Å². The number of thiophene rings is 1. The van der Waals surface area contributed by atoms with Crippen molar-refractivity contribution in [3.8, 4) is 0 Å². The van der Waals surface area contributed by atoms with Crippen molar-refractivity contribution in [3.05, 3.63) is 37.7 Å². The van der Waals surface area contributed by atoms with E-state index in [-0.39, 0.29) is 10.6 Å². The van der Waals surface area contributed by atoms with Crippen molar-refractivity contribution < 1.29 is 4.92 Å². The van der Waals surface area contributed by atoms with Crippen molar-refractivity contribution in [1.29, 1.82) is 0 Å². The maximum absolute atomic E-state index is 11.2. The zero-order valence-electron chi connectivity index (χ0n) is 11.8. The normalized spacial score (nSPS) is 10.8. The third kappa shape index (κ3) is 2.82. The van der Waals surface area contributed by atoms with Gasteiger partial charge in [0.25, 0.3) is 0 Å². The molecule has 6 nitrogen and oxygen atoms in total. The van der Waals surface area contributed by atoms with Crippen molar-refractivity contribution in [3.63, 3.8) is 0 Å². The summed E-state index contributed by atoms with van der Waals surface area (Å²) < 4.78 is 1.69. The zero-order valence-corrected chi connectivity index (χ0v) is 12.7. The fourth-order valence-electron chi connectivity index (χ4n) is 2.09. The Labute approximate surface area is 121 Å². The van der Waals surface area contributed by atoms with Crippen LogP contribution >= 0.6 is 11.3 Å².